The average Bonchev–Trinajstić information content (AvgIpc) is 3.86. The molecule has 0 bridgehead atoms. The van der Waals surface area contributed by atoms with Crippen LogP contribution in [0.5, 0.6) is 0 Å². The first-order valence-electron chi connectivity index (χ1n) is 25.9. The topological polar surface area (TPSA) is 209 Å². The Balaban J connectivity index is 0.709. The number of ether oxygens (including phenoxy) is 2. The largest absolute Gasteiger partial charge is 0.416 e. The summed E-state index contributed by atoms with van der Waals surface area (Å²) in [5, 5.41) is 16.2. The fourth-order valence-corrected chi connectivity index (χ4v) is 11.2. The lowest BCUT2D eigenvalue weighted by Gasteiger charge is -2.43. The number of rotatable bonds is 21. The highest BCUT2D eigenvalue weighted by molar-refractivity contribution is 5.93. The van der Waals surface area contributed by atoms with Crippen LogP contribution >= 0.6 is 0 Å². The molecule has 0 unspecified atom stereocenters. The molecule has 17 nitrogen and oxygen atoms in total. The zero-order chi connectivity index (χ0) is 50.9. The average molecular weight is 1010 g/mol. The quantitative estimate of drug-likeness (QED) is 0.0877. The van der Waals surface area contributed by atoms with Crippen molar-refractivity contribution in [3.05, 3.63) is 60.2 Å². The highest BCUT2D eigenvalue weighted by atomic mass is 19.4. The molecule has 392 valence electrons. The molecular formula is C52H71F3N10O7. The molecular weight excluding hydrogens is 934 g/mol. The van der Waals surface area contributed by atoms with Gasteiger partial charge in [0.05, 0.1) is 48.3 Å². The van der Waals surface area contributed by atoms with Crippen LogP contribution in [0.25, 0.3) is 10.9 Å². The van der Waals surface area contributed by atoms with Crippen molar-refractivity contribution >= 4 is 46.3 Å². The maximum Gasteiger partial charge on any atom is 0.416 e. The van der Waals surface area contributed by atoms with Gasteiger partial charge in [-0.2, -0.15) is 13.2 Å². The number of hydrogen-bond acceptors (Lipinski definition) is 12. The van der Waals surface area contributed by atoms with Gasteiger partial charge in [-0.3, -0.25) is 29.0 Å². The number of likely N-dealkylation sites (tertiary alicyclic amines) is 2. The van der Waals surface area contributed by atoms with Gasteiger partial charge < -0.3 is 45.9 Å². The molecule has 5 N–H and O–H groups in total. The predicted molar refractivity (Wildman–Crippen MR) is 262 cm³/mol. The third-order valence-electron chi connectivity index (χ3n) is 15.4. The summed E-state index contributed by atoms with van der Waals surface area (Å²) in [6, 6.07) is 5.43. The third kappa shape index (κ3) is 13.4. The van der Waals surface area contributed by atoms with Gasteiger partial charge in [0.15, 0.2) is 0 Å². The normalized spacial score (nSPS) is 27.8. The molecule has 5 aliphatic rings. The van der Waals surface area contributed by atoms with Gasteiger partial charge in [-0.15, -0.1) is 0 Å². The van der Waals surface area contributed by atoms with E-state index < -0.39 is 23.7 Å². The number of fused-ring (bicyclic) bond motifs is 1. The van der Waals surface area contributed by atoms with E-state index in [1.165, 1.54) is 12.4 Å². The van der Waals surface area contributed by atoms with Crippen LogP contribution in [0.4, 0.5) is 19.0 Å². The van der Waals surface area contributed by atoms with Gasteiger partial charge in [0.1, 0.15) is 18.2 Å². The molecule has 3 aromatic rings. The highest BCUT2D eigenvalue weighted by Gasteiger charge is 2.45. The Morgan fingerprint density at radius 1 is 0.875 bits per heavy atom. The summed E-state index contributed by atoms with van der Waals surface area (Å²) in [5.74, 6) is 0.125. The number of anilines is 1. The van der Waals surface area contributed by atoms with Crippen molar-refractivity contribution in [2.24, 2.45) is 29.6 Å². The number of carbonyl (C=O) groups excluding carboxylic acids is 5. The number of aromatic nitrogens is 3. The predicted octanol–water partition coefficient (Wildman–Crippen LogP) is 5.17. The lowest BCUT2D eigenvalue weighted by molar-refractivity contribution is -0.137. The van der Waals surface area contributed by atoms with Gasteiger partial charge in [0.25, 0.3) is 0 Å². The van der Waals surface area contributed by atoms with E-state index in [4.69, 9.17) is 9.47 Å². The maximum absolute atomic E-state index is 14.0. The van der Waals surface area contributed by atoms with Gasteiger partial charge in [0.2, 0.25) is 29.5 Å². The summed E-state index contributed by atoms with van der Waals surface area (Å²) in [7, 11) is 1.72. The second-order valence-corrected chi connectivity index (χ2v) is 21.0. The van der Waals surface area contributed by atoms with Crippen molar-refractivity contribution in [2.45, 2.75) is 133 Å². The number of carbonyl (C=O) groups is 5. The second kappa shape index (κ2) is 24.0. The van der Waals surface area contributed by atoms with Gasteiger partial charge in [-0.05, 0) is 118 Å². The lowest BCUT2D eigenvalue weighted by Crippen LogP contribution is -2.60. The van der Waals surface area contributed by atoms with Crippen molar-refractivity contribution in [2.75, 3.05) is 58.4 Å². The van der Waals surface area contributed by atoms with E-state index in [1.807, 2.05) is 17.0 Å². The monoisotopic (exact) mass is 1000 g/mol. The first-order chi connectivity index (χ1) is 34.6. The first kappa shape index (κ1) is 52.8. The molecule has 2 aromatic heterocycles. The standard InChI is InChI=1S/C52H71F3N10O7/c1-31(2)26-58-37-11-13-44(65-18-14-42(51(65)70)62-48-39-23-36(52(53,54)55)10-12-41(39)59-30-60-48)43(24-37)63-49(68)35-21-38(22-35)61-45(66)15-19-71-28-32-6-8-33(9-7-32)29-72-20-17-57-50(69)40-25-46(67)64(3)47(40)34-5-4-16-56-27-34/h4-5,10,12,16,23,27,30-33,35,37-38,40,42-44,47,58H,6-9,11,13-15,17-22,24-26,28-29H2,1-3H3,(H,57,69)(H,61,66)(H,63,68)(H,59,60,62)/t32?,33?,35?,37-,38?,40+,42+,43-,44+,47-/m1/s1. The van der Waals surface area contributed by atoms with Crippen LogP contribution in [0.2, 0.25) is 0 Å². The number of hydrogen-bond donors (Lipinski definition) is 5. The van der Waals surface area contributed by atoms with Crippen LogP contribution in [0.15, 0.2) is 49.1 Å². The minimum Gasteiger partial charge on any atom is -0.381 e. The molecule has 3 saturated carbocycles. The van der Waals surface area contributed by atoms with E-state index >= 15 is 0 Å². The molecule has 5 amide bonds. The molecule has 72 heavy (non-hydrogen) atoms. The van der Waals surface area contributed by atoms with E-state index in [9.17, 15) is 37.1 Å². The van der Waals surface area contributed by atoms with E-state index in [0.717, 1.165) is 56.3 Å². The summed E-state index contributed by atoms with van der Waals surface area (Å²) < 4.78 is 52.6. The second-order valence-electron chi connectivity index (χ2n) is 21.0. The molecule has 5 fully saturated rings. The molecule has 8 rings (SSSR count). The zero-order valence-corrected chi connectivity index (χ0v) is 41.6. The first-order valence-corrected chi connectivity index (χ1v) is 25.9. The Bertz CT molecular complexity index is 2350. The number of alkyl halides is 3. The van der Waals surface area contributed by atoms with Crippen molar-refractivity contribution in [3.63, 3.8) is 0 Å². The Morgan fingerprint density at radius 3 is 2.33 bits per heavy atom. The lowest BCUT2D eigenvalue weighted by atomic mass is 9.78. The van der Waals surface area contributed by atoms with Crippen molar-refractivity contribution in [1.82, 2.24) is 46.0 Å². The fraction of sp³-hybridized carbons (Fsp3) is 0.654. The van der Waals surface area contributed by atoms with Crippen molar-refractivity contribution < 1.29 is 46.6 Å². The SMILES string of the molecule is CC(C)CN[C@@H]1CC[C@H](N2CC[C@H](Nc3ncnc4ccc(C(F)(F)F)cc34)C2=O)[C@H](NC(=O)C2CC(NC(=O)CCOCC3CCC(COCCNC(=O)[C@H]4CC(=O)N(C)[C@@H]4c4cccnc4)CC3)C2)C1. The van der Waals surface area contributed by atoms with Crippen LogP contribution in [0.1, 0.15) is 108 Å². The molecule has 0 spiro atoms. The van der Waals surface area contributed by atoms with Crippen molar-refractivity contribution in [3.8, 4) is 0 Å². The maximum atomic E-state index is 14.0. The van der Waals surface area contributed by atoms with Crippen LogP contribution in [0.3, 0.4) is 0 Å². The number of halogens is 3. The fourth-order valence-electron chi connectivity index (χ4n) is 11.2. The minimum atomic E-state index is -4.55. The molecule has 2 aliphatic heterocycles. The summed E-state index contributed by atoms with van der Waals surface area (Å²) in [6.07, 6.45) is 8.20. The number of benzene rings is 1. The third-order valence-corrected chi connectivity index (χ3v) is 15.4. The van der Waals surface area contributed by atoms with E-state index in [2.05, 4.69) is 55.4 Å². The van der Waals surface area contributed by atoms with Gasteiger partial charge in [-0.25, -0.2) is 9.97 Å². The molecule has 1 aromatic carbocycles. The molecule has 6 atom stereocenters. The Hall–Kier alpha value is -5.47. The Morgan fingerprint density at radius 2 is 1.62 bits per heavy atom. The highest BCUT2D eigenvalue weighted by Crippen LogP contribution is 2.38. The smallest absolute Gasteiger partial charge is 0.381 e. The Labute approximate surface area is 419 Å². The Kier molecular flexibility index (Phi) is 17.6. The molecule has 0 radical (unpaired) electrons. The summed E-state index contributed by atoms with van der Waals surface area (Å²) in [6.45, 7) is 7.85. The van der Waals surface area contributed by atoms with E-state index in [0.29, 0.717) is 94.9 Å². The van der Waals surface area contributed by atoms with E-state index in [1.54, 1.807) is 24.3 Å². The van der Waals surface area contributed by atoms with Gasteiger partial charge in [0, 0.05) is 82.0 Å². The molecule has 4 heterocycles. The van der Waals surface area contributed by atoms with E-state index in [-0.39, 0.29) is 89.7 Å². The number of amides is 5. The number of pyridine rings is 1. The van der Waals surface area contributed by atoms with Crippen molar-refractivity contribution in [1.29, 1.82) is 0 Å². The number of nitrogens with one attached hydrogen (secondary N) is 5. The summed E-state index contributed by atoms with van der Waals surface area (Å²) >= 11 is 0. The summed E-state index contributed by atoms with van der Waals surface area (Å²) in [4.78, 5) is 82.0. The minimum absolute atomic E-state index is 0.0614. The molecule has 20 heteroatoms. The molecule has 3 aliphatic carbocycles. The van der Waals surface area contributed by atoms with Gasteiger partial charge in [-0.1, -0.05) is 19.9 Å². The van der Waals surface area contributed by atoms with Crippen LogP contribution in [0, 0.1) is 29.6 Å². The molecule has 2 saturated heterocycles. The van der Waals surface area contributed by atoms with Crippen LogP contribution in [-0.2, 0) is 39.6 Å². The number of nitrogens with zero attached hydrogens (tertiary/aromatic N) is 5. The summed E-state index contributed by atoms with van der Waals surface area (Å²) in [5.41, 5.74) is 0.350. The zero-order valence-electron chi connectivity index (χ0n) is 41.6. The van der Waals surface area contributed by atoms with Gasteiger partial charge >= 0.3 is 6.18 Å². The van der Waals surface area contributed by atoms with Crippen LogP contribution in [-0.4, -0.2) is 138 Å². The van der Waals surface area contributed by atoms with Crippen LogP contribution < -0.4 is 26.6 Å².